The van der Waals surface area contributed by atoms with Gasteiger partial charge in [-0.05, 0) is 17.7 Å². The largest absolute Gasteiger partial charge is 0.496 e. The van der Waals surface area contributed by atoms with E-state index in [1.807, 2.05) is 36.4 Å². The molecule has 0 saturated carbocycles. The summed E-state index contributed by atoms with van der Waals surface area (Å²) in [5.41, 5.74) is 7.70. The molecule has 132 valence electrons. The second kappa shape index (κ2) is 7.14. The van der Waals surface area contributed by atoms with Crippen LogP contribution in [0.1, 0.15) is 17.0 Å². The van der Waals surface area contributed by atoms with E-state index in [9.17, 15) is 8.42 Å². The van der Waals surface area contributed by atoms with E-state index in [0.717, 1.165) is 16.9 Å². The molecule has 0 bridgehead atoms. The predicted molar refractivity (Wildman–Crippen MR) is 97.6 cm³/mol. The van der Waals surface area contributed by atoms with Gasteiger partial charge in [0.25, 0.3) is 0 Å². The van der Waals surface area contributed by atoms with Crippen LogP contribution in [0.2, 0.25) is 0 Å². The van der Waals surface area contributed by atoms with Crippen LogP contribution in [-0.4, -0.2) is 33.8 Å². The summed E-state index contributed by atoms with van der Waals surface area (Å²) in [6, 6.07) is 14.7. The van der Waals surface area contributed by atoms with Gasteiger partial charge >= 0.3 is 0 Å². The van der Waals surface area contributed by atoms with Crippen molar-refractivity contribution in [1.82, 2.24) is 5.32 Å². The fourth-order valence-corrected chi connectivity index (χ4v) is 4.89. The molecule has 0 aromatic heterocycles. The number of ether oxygens (including phenoxy) is 1. The van der Waals surface area contributed by atoms with Crippen LogP contribution in [-0.2, 0) is 16.4 Å². The number of nitrogens with two attached hydrogens (primary N) is 1. The van der Waals surface area contributed by atoms with Gasteiger partial charge in [-0.15, -0.1) is 0 Å². The lowest BCUT2D eigenvalue weighted by Gasteiger charge is -2.12. The molecule has 0 saturated heterocycles. The molecule has 0 spiro atoms. The Hall–Kier alpha value is -2.54. The van der Waals surface area contributed by atoms with Gasteiger partial charge in [-0.3, -0.25) is 0 Å². The Kier molecular flexibility index (Phi) is 4.94. The van der Waals surface area contributed by atoms with Crippen molar-refractivity contribution >= 4 is 15.8 Å². The third kappa shape index (κ3) is 3.76. The monoisotopic (exact) mass is 359 g/mol. The molecule has 1 heterocycles. The lowest BCUT2D eigenvalue weighted by atomic mass is 10.0. The molecule has 1 atom stereocenters. The Balaban J connectivity index is 1.64. The molecule has 0 fully saturated rings. The van der Waals surface area contributed by atoms with E-state index in [2.05, 4.69) is 10.3 Å². The van der Waals surface area contributed by atoms with Crippen molar-refractivity contribution in [2.75, 3.05) is 19.4 Å². The SMILES string of the molecule is COc1ccccc1CN=C(N)NCC1CS(=O)(=O)c2ccccc21. The highest BCUT2D eigenvalue weighted by molar-refractivity contribution is 7.91. The molecular formula is C18H21N3O3S. The Morgan fingerprint density at radius 1 is 1.24 bits per heavy atom. The van der Waals surface area contributed by atoms with Gasteiger partial charge in [-0.2, -0.15) is 0 Å². The zero-order chi connectivity index (χ0) is 17.9. The zero-order valence-corrected chi connectivity index (χ0v) is 14.8. The molecule has 1 aliphatic heterocycles. The van der Waals surface area contributed by atoms with Gasteiger partial charge in [0.15, 0.2) is 15.8 Å². The van der Waals surface area contributed by atoms with Crippen LogP contribution < -0.4 is 15.8 Å². The van der Waals surface area contributed by atoms with Crippen molar-refractivity contribution in [1.29, 1.82) is 0 Å². The number of hydrogen-bond acceptors (Lipinski definition) is 4. The van der Waals surface area contributed by atoms with Crippen LogP contribution in [0.25, 0.3) is 0 Å². The van der Waals surface area contributed by atoms with E-state index < -0.39 is 9.84 Å². The Morgan fingerprint density at radius 3 is 2.76 bits per heavy atom. The number of benzene rings is 2. The number of fused-ring (bicyclic) bond motifs is 1. The summed E-state index contributed by atoms with van der Waals surface area (Å²) in [4.78, 5) is 4.73. The standard InChI is InChI=1S/C18H21N3O3S/c1-24-16-8-4-2-6-13(16)10-20-18(19)21-11-14-12-25(22,23)17-9-5-3-7-15(14)17/h2-9,14H,10-12H2,1H3,(H3,19,20,21). The summed E-state index contributed by atoms with van der Waals surface area (Å²) >= 11 is 0. The van der Waals surface area contributed by atoms with E-state index in [1.165, 1.54) is 0 Å². The smallest absolute Gasteiger partial charge is 0.188 e. The number of hydrogen-bond donors (Lipinski definition) is 2. The highest BCUT2D eigenvalue weighted by Gasteiger charge is 2.34. The van der Waals surface area contributed by atoms with Gasteiger partial charge in [0.1, 0.15) is 5.75 Å². The van der Waals surface area contributed by atoms with E-state index in [-0.39, 0.29) is 17.6 Å². The maximum atomic E-state index is 12.2. The fourth-order valence-electron chi connectivity index (χ4n) is 3.00. The van der Waals surface area contributed by atoms with Crippen molar-refractivity contribution in [3.8, 4) is 5.75 Å². The van der Waals surface area contributed by atoms with Gasteiger partial charge in [0, 0.05) is 18.0 Å². The third-order valence-electron chi connectivity index (χ3n) is 4.26. The minimum atomic E-state index is -3.20. The topological polar surface area (TPSA) is 93.8 Å². The highest BCUT2D eigenvalue weighted by atomic mass is 32.2. The van der Waals surface area contributed by atoms with Crippen LogP contribution in [0.3, 0.4) is 0 Å². The maximum absolute atomic E-state index is 12.2. The summed E-state index contributed by atoms with van der Waals surface area (Å²) < 4.78 is 29.7. The number of nitrogens with zero attached hydrogens (tertiary/aromatic N) is 1. The summed E-state index contributed by atoms with van der Waals surface area (Å²) in [5, 5.41) is 3.03. The number of para-hydroxylation sites is 1. The molecule has 2 aromatic carbocycles. The van der Waals surface area contributed by atoms with Crippen molar-refractivity contribution < 1.29 is 13.2 Å². The molecule has 0 radical (unpaired) electrons. The quantitative estimate of drug-likeness (QED) is 0.626. The molecule has 7 heteroatoms. The molecule has 1 unspecified atom stereocenters. The number of aliphatic imine (C=N–C) groups is 1. The van der Waals surface area contributed by atoms with Crippen LogP contribution in [0.4, 0.5) is 0 Å². The normalized spacial score (nSPS) is 18.6. The molecule has 2 aromatic rings. The van der Waals surface area contributed by atoms with Crippen molar-refractivity contribution in [2.45, 2.75) is 17.4 Å². The highest BCUT2D eigenvalue weighted by Crippen LogP contribution is 2.34. The number of sulfone groups is 1. The first-order valence-electron chi connectivity index (χ1n) is 7.98. The second-order valence-corrected chi connectivity index (χ2v) is 7.91. The van der Waals surface area contributed by atoms with Crippen molar-refractivity contribution in [2.24, 2.45) is 10.7 Å². The van der Waals surface area contributed by atoms with E-state index in [4.69, 9.17) is 10.5 Å². The average Bonchev–Trinajstić information content (AvgIpc) is 2.89. The molecule has 3 rings (SSSR count). The first kappa shape index (κ1) is 17.3. The lowest BCUT2D eigenvalue weighted by Crippen LogP contribution is -2.35. The van der Waals surface area contributed by atoms with E-state index in [1.54, 1.807) is 19.2 Å². The third-order valence-corrected chi connectivity index (χ3v) is 6.14. The minimum absolute atomic E-state index is 0.0964. The van der Waals surface area contributed by atoms with Crippen molar-refractivity contribution in [3.05, 3.63) is 59.7 Å². The number of nitrogens with one attached hydrogen (secondary N) is 1. The fraction of sp³-hybridized carbons (Fsp3) is 0.278. The molecule has 6 nitrogen and oxygen atoms in total. The van der Waals surface area contributed by atoms with Crippen LogP contribution in [0, 0.1) is 0 Å². The summed E-state index contributed by atoms with van der Waals surface area (Å²) in [6.07, 6.45) is 0. The molecular weight excluding hydrogens is 338 g/mol. The van der Waals surface area contributed by atoms with Crippen LogP contribution >= 0.6 is 0 Å². The van der Waals surface area contributed by atoms with Crippen molar-refractivity contribution in [3.63, 3.8) is 0 Å². The minimum Gasteiger partial charge on any atom is -0.496 e. The summed E-state index contributed by atoms with van der Waals surface area (Å²) in [5.74, 6) is 1.02. The van der Waals surface area contributed by atoms with Gasteiger partial charge in [-0.25, -0.2) is 13.4 Å². The Morgan fingerprint density at radius 2 is 1.96 bits per heavy atom. The predicted octanol–water partition coefficient (Wildman–Crippen LogP) is 1.67. The average molecular weight is 359 g/mol. The van der Waals surface area contributed by atoms with Gasteiger partial charge < -0.3 is 15.8 Å². The Bertz CT molecular complexity index is 894. The first-order valence-corrected chi connectivity index (χ1v) is 9.64. The van der Waals surface area contributed by atoms with Gasteiger partial charge in [0.05, 0.1) is 24.3 Å². The summed E-state index contributed by atoms with van der Waals surface area (Å²) in [6.45, 7) is 0.819. The van der Waals surface area contributed by atoms with Crippen LogP contribution in [0.15, 0.2) is 58.4 Å². The molecule has 3 N–H and O–H groups in total. The van der Waals surface area contributed by atoms with E-state index >= 15 is 0 Å². The molecule has 0 amide bonds. The molecule has 25 heavy (non-hydrogen) atoms. The number of methoxy groups -OCH3 is 1. The first-order chi connectivity index (χ1) is 12.0. The maximum Gasteiger partial charge on any atom is 0.188 e. The number of rotatable bonds is 5. The lowest BCUT2D eigenvalue weighted by molar-refractivity contribution is 0.410. The van der Waals surface area contributed by atoms with Crippen LogP contribution in [0.5, 0.6) is 5.75 Å². The second-order valence-electron chi connectivity index (χ2n) is 5.91. The zero-order valence-electron chi connectivity index (χ0n) is 14.0. The summed E-state index contributed by atoms with van der Waals surface area (Å²) in [7, 11) is -1.59. The van der Waals surface area contributed by atoms with Gasteiger partial charge in [-0.1, -0.05) is 36.4 Å². The van der Waals surface area contributed by atoms with E-state index in [0.29, 0.717) is 18.0 Å². The Labute approximate surface area is 147 Å². The van der Waals surface area contributed by atoms with Gasteiger partial charge in [0.2, 0.25) is 0 Å². The molecule has 1 aliphatic rings. The number of guanidine groups is 1. The molecule has 0 aliphatic carbocycles.